The van der Waals surface area contributed by atoms with Gasteiger partial charge in [-0.2, -0.15) is 9.61 Å². The second kappa shape index (κ2) is 14.1. The fraction of sp³-hybridized carbons (Fsp3) is 0.400. The number of pyridine rings is 1. The van der Waals surface area contributed by atoms with Crippen molar-refractivity contribution >= 4 is 33.6 Å². The molecule has 4 aromatic rings. The summed E-state index contributed by atoms with van der Waals surface area (Å²) in [7, 11) is 0. The third-order valence-corrected chi connectivity index (χ3v) is 8.53. The highest BCUT2D eigenvalue weighted by Gasteiger charge is 2.28. The van der Waals surface area contributed by atoms with Crippen LogP contribution in [0.1, 0.15) is 37.3 Å². The molecule has 0 unspecified atom stereocenters. The van der Waals surface area contributed by atoms with Crippen LogP contribution in [0.3, 0.4) is 0 Å². The van der Waals surface area contributed by atoms with Crippen LogP contribution in [0.25, 0.3) is 28.0 Å². The number of fused-ring (bicyclic) bond motifs is 1. The zero-order valence-corrected chi connectivity index (χ0v) is 24.8. The fourth-order valence-corrected chi connectivity index (χ4v) is 6.08. The Hall–Kier alpha value is -3.58. The molecule has 11 nitrogen and oxygen atoms in total. The molecule has 0 spiro atoms. The lowest BCUT2D eigenvalue weighted by Gasteiger charge is -2.31. The molecule has 2 fully saturated rings. The number of hydrogen-bond donors (Lipinski definition) is 3. The zero-order valence-electron chi connectivity index (χ0n) is 23.2. The van der Waals surface area contributed by atoms with Crippen LogP contribution in [0.15, 0.2) is 59.3 Å². The fourth-order valence-electron chi connectivity index (χ4n) is 5.50. The number of aromatic nitrogens is 4. The molecular formula is C30H35BrN6O5. The molecule has 0 bridgehead atoms. The lowest BCUT2D eigenvalue weighted by atomic mass is 9.85. The minimum atomic E-state index is -1.83. The van der Waals surface area contributed by atoms with E-state index in [4.69, 9.17) is 40.2 Å². The summed E-state index contributed by atoms with van der Waals surface area (Å²) in [6.07, 6.45) is 6.31. The minimum Gasteiger partial charge on any atom is -0.450 e. The molecule has 12 heteroatoms. The van der Waals surface area contributed by atoms with Crippen LogP contribution in [0, 0.1) is 0 Å². The molecule has 3 aromatic heterocycles. The Morgan fingerprint density at radius 2 is 1.74 bits per heavy atom. The Morgan fingerprint density at radius 3 is 2.40 bits per heavy atom. The first-order valence-corrected chi connectivity index (χ1v) is 14.9. The molecule has 1 aromatic carbocycles. The van der Waals surface area contributed by atoms with Crippen LogP contribution in [-0.2, 0) is 9.47 Å². The first-order chi connectivity index (χ1) is 20.4. The summed E-state index contributed by atoms with van der Waals surface area (Å²) in [5, 5.41) is 18.5. The Kier molecular flexibility index (Phi) is 10.0. The summed E-state index contributed by atoms with van der Waals surface area (Å²) in [6.45, 7) is 5.43. The normalized spacial score (nSPS) is 19.3. The predicted octanol–water partition coefficient (Wildman–Crippen LogP) is 5.40. The van der Waals surface area contributed by atoms with Crippen molar-refractivity contribution in [2.75, 3.05) is 45.2 Å². The Labute approximate surface area is 252 Å². The number of ether oxygens (including phenoxy) is 2. The molecule has 1 aliphatic heterocycles. The van der Waals surface area contributed by atoms with E-state index in [0.717, 1.165) is 103 Å². The number of nitrogens with two attached hydrogens (primary N) is 1. The number of halogens is 1. The van der Waals surface area contributed by atoms with Gasteiger partial charge >= 0.3 is 6.16 Å². The molecule has 0 atom stereocenters. The second-order valence-electron chi connectivity index (χ2n) is 10.4. The van der Waals surface area contributed by atoms with Gasteiger partial charge in [0.25, 0.3) is 0 Å². The van der Waals surface area contributed by atoms with Crippen LogP contribution in [0.5, 0.6) is 0 Å². The van der Waals surface area contributed by atoms with Crippen molar-refractivity contribution in [3.8, 4) is 22.4 Å². The summed E-state index contributed by atoms with van der Waals surface area (Å²) in [6, 6.07) is 14.3. The summed E-state index contributed by atoms with van der Waals surface area (Å²) >= 11 is 3.73. The summed E-state index contributed by atoms with van der Waals surface area (Å²) in [5.41, 5.74) is 12.2. The molecule has 42 heavy (non-hydrogen) atoms. The van der Waals surface area contributed by atoms with Crippen molar-refractivity contribution in [2.45, 2.75) is 37.7 Å². The van der Waals surface area contributed by atoms with Crippen molar-refractivity contribution in [1.82, 2.24) is 24.5 Å². The number of anilines is 1. The zero-order chi connectivity index (χ0) is 29.5. The summed E-state index contributed by atoms with van der Waals surface area (Å²) in [4.78, 5) is 20.8. The summed E-state index contributed by atoms with van der Waals surface area (Å²) in [5.74, 6) is 0.908. The molecule has 1 aliphatic carbocycles. The minimum absolute atomic E-state index is 0.312. The van der Waals surface area contributed by atoms with Gasteiger partial charge in [-0.3, -0.25) is 9.88 Å². The predicted molar refractivity (Wildman–Crippen MR) is 163 cm³/mol. The molecule has 4 heterocycles. The van der Waals surface area contributed by atoms with Gasteiger partial charge in [-0.15, -0.1) is 0 Å². The number of nitrogen functional groups attached to an aromatic ring is 1. The molecular weight excluding hydrogens is 604 g/mol. The van der Waals surface area contributed by atoms with Crippen LogP contribution in [0.2, 0.25) is 0 Å². The van der Waals surface area contributed by atoms with Crippen molar-refractivity contribution in [3.63, 3.8) is 0 Å². The van der Waals surface area contributed by atoms with Gasteiger partial charge in [0.05, 0.1) is 48.0 Å². The maximum absolute atomic E-state index is 8.56. The lowest BCUT2D eigenvalue weighted by Crippen LogP contribution is -2.39. The third kappa shape index (κ3) is 7.24. The molecule has 4 N–H and O–H groups in total. The van der Waals surface area contributed by atoms with Crippen LogP contribution >= 0.6 is 15.9 Å². The van der Waals surface area contributed by atoms with Gasteiger partial charge in [-0.1, -0.05) is 36.4 Å². The van der Waals surface area contributed by atoms with Crippen molar-refractivity contribution < 1.29 is 24.5 Å². The summed E-state index contributed by atoms with van der Waals surface area (Å²) < 4.78 is 14.2. The van der Waals surface area contributed by atoms with E-state index in [1.807, 2.05) is 36.7 Å². The van der Waals surface area contributed by atoms with E-state index in [1.54, 1.807) is 4.52 Å². The van der Waals surface area contributed by atoms with E-state index < -0.39 is 6.16 Å². The average Bonchev–Trinajstić information content (AvgIpc) is 3.44. The molecule has 1 saturated heterocycles. The number of rotatable bonds is 7. The maximum Gasteiger partial charge on any atom is 0.503 e. The van der Waals surface area contributed by atoms with E-state index in [2.05, 4.69) is 44.1 Å². The van der Waals surface area contributed by atoms with Crippen LogP contribution in [0.4, 0.5) is 10.6 Å². The van der Waals surface area contributed by atoms with Gasteiger partial charge < -0.3 is 25.4 Å². The number of morpholine rings is 1. The van der Waals surface area contributed by atoms with Gasteiger partial charge in [0.1, 0.15) is 5.82 Å². The number of carbonyl (C=O) groups is 1. The first-order valence-electron chi connectivity index (χ1n) is 14.1. The van der Waals surface area contributed by atoms with Gasteiger partial charge in [0.15, 0.2) is 5.65 Å². The van der Waals surface area contributed by atoms with Gasteiger partial charge in [0, 0.05) is 48.4 Å². The van der Waals surface area contributed by atoms with Crippen LogP contribution in [-0.4, -0.2) is 86.4 Å². The number of nitrogens with zero attached hydrogens (tertiary/aromatic N) is 5. The molecule has 222 valence electrons. The molecule has 1 saturated carbocycles. The number of hydrogen-bond acceptors (Lipinski definition) is 8. The van der Waals surface area contributed by atoms with Crippen molar-refractivity contribution in [2.24, 2.45) is 0 Å². The third-order valence-electron chi connectivity index (χ3n) is 7.72. The highest BCUT2D eigenvalue weighted by Crippen LogP contribution is 2.39. The lowest BCUT2D eigenvalue weighted by molar-refractivity contribution is -0.0101. The molecule has 2 aliphatic rings. The number of benzene rings is 1. The highest BCUT2D eigenvalue weighted by atomic mass is 79.9. The smallest absolute Gasteiger partial charge is 0.450 e. The maximum atomic E-state index is 8.56. The quantitative estimate of drug-likeness (QED) is 0.240. The van der Waals surface area contributed by atoms with Gasteiger partial charge in [-0.05, 0) is 47.7 Å². The first kappa shape index (κ1) is 29.9. The van der Waals surface area contributed by atoms with Crippen molar-refractivity contribution in [1.29, 1.82) is 0 Å². The molecule has 0 radical (unpaired) electrons. The van der Waals surface area contributed by atoms with E-state index in [9.17, 15) is 0 Å². The second-order valence-corrected chi connectivity index (χ2v) is 11.2. The van der Waals surface area contributed by atoms with Crippen LogP contribution < -0.4 is 5.73 Å². The highest BCUT2D eigenvalue weighted by molar-refractivity contribution is 9.10. The van der Waals surface area contributed by atoms with Crippen molar-refractivity contribution in [3.05, 3.63) is 65.0 Å². The van der Waals surface area contributed by atoms with E-state index >= 15 is 0 Å². The Bertz CT molecular complexity index is 1470. The SMILES string of the molecule is Nc1c(Br)c(C2CCC(OCCN3CCOCC3)CC2)nc2c(-c3ccc(-c4ccccc4)nc3)cnn12.O=C(O)O. The number of carboxylic acid groups (broad SMARTS) is 2. The standard InChI is InChI=1S/C29H33BrN6O2.CH2O3/c30-26-27(21-6-9-23(10-7-21)38-17-14-35-12-15-37-16-13-35)34-29-24(19-33-36(29)28(26)31)22-8-11-25(32-18-22)20-4-2-1-3-5-20;2-1(3)4/h1-5,8,11,18-19,21,23H,6-7,9-10,12-17,31H2;(H2,2,3,4). The van der Waals surface area contributed by atoms with E-state index in [1.165, 1.54) is 0 Å². The van der Waals surface area contributed by atoms with Gasteiger partial charge in [-0.25, -0.2) is 9.78 Å². The Balaban J connectivity index is 0.000000830. The largest absolute Gasteiger partial charge is 0.503 e. The molecule has 6 rings (SSSR count). The van der Waals surface area contributed by atoms with Gasteiger partial charge in [0.2, 0.25) is 0 Å². The molecule has 0 amide bonds. The monoisotopic (exact) mass is 638 g/mol. The topological polar surface area (TPSA) is 148 Å². The van der Waals surface area contributed by atoms with E-state index in [0.29, 0.717) is 17.8 Å². The Morgan fingerprint density at radius 1 is 1.02 bits per heavy atom. The average molecular weight is 640 g/mol. The van der Waals surface area contributed by atoms with E-state index in [-0.39, 0.29) is 0 Å².